The van der Waals surface area contributed by atoms with Crippen LogP contribution in [-0.4, -0.2) is 17.0 Å². The van der Waals surface area contributed by atoms with E-state index in [0.717, 1.165) is 5.56 Å². The summed E-state index contributed by atoms with van der Waals surface area (Å²) in [5, 5.41) is 9.13. The van der Waals surface area contributed by atoms with E-state index in [9.17, 15) is 9.59 Å². The number of carbonyl (C=O) groups excluding carboxylic acids is 1. The summed E-state index contributed by atoms with van der Waals surface area (Å²) in [7, 11) is 0. The van der Waals surface area contributed by atoms with E-state index < -0.39 is 11.9 Å². The Kier molecular flexibility index (Phi) is 4.08. The lowest BCUT2D eigenvalue weighted by Gasteiger charge is -2.11. The summed E-state index contributed by atoms with van der Waals surface area (Å²) in [5.74, 6) is -1.46. The lowest BCUT2D eigenvalue weighted by Crippen LogP contribution is -2.11. The SMILES string of the molecule is NC(=O)c1ccc(COc2cccc(N)c2C(=O)O)cc1. The monoisotopic (exact) mass is 286 g/mol. The molecule has 108 valence electrons. The molecule has 6 heteroatoms. The summed E-state index contributed by atoms with van der Waals surface area (Å²) in [6.07, 6.45) is 0. The molecule has 21 heavy (non-hydrogen) atoms. The number of hydrogen-bond acceptors (Lipinski definition) is 4. The molecular formula is C15H14N2O4. The molecule has 0 fully saturated rings. The zero-order chi connectivity index (χ0) is 15.4. The van der Waals surface area contributed by atoms with Gasteiger partial charge in [0.2, 0.25) is 5.91 Å². The number of carboxylic acid groups (broad SMARTS) is 1. The first kappa shape index (κ1) is 14.4. The molecule has 0 bridgehead atoms. The number of carboxylic acids is 1. The van der Waals surface area contributed by atoms with Crippen molar-refractivity contribution < 1.29 is 19.4 Å². The number of aromatic carboxylic acids is 1. The molecule has 0 saturated carbocycles. The van der Waals surface area contributed by atoms with Gasteiger partial charge in [-0.1, -0.05) is 18.2 Å². The molecule has 0 spiro atoms. The van der Waals surface area contributed by atoms with Crippen LogP contribution in [0.3, 0.4) is 0 Å². The highest BCUT2D eigenvalue weighted by Crippen LogP contribution is 2.25. The molecule has 2 rings (SSSR count). The van der Waals surface area contributed by atoms with Gasteiger partial charge in [0.25, 0.3) is 0 Å². The minimum Gasteiger partial charge on any atom is -0.488 e. The number of anilines is 1. The van der Waals surface area contributed by atoms with Gasteiger partial charge in [-0.25, -0.2) is 4.79 Å². The third kappa shape index (κ3) is 3.30. The Morgan fingerprint density at radius 2 is 1.76 bits per heavy atom. The van der Waals surface area contributed by atoms with Gasteiger partial charge in [0.15, 0.2) is 0 Å². The van der Waals surface area contributed by atoms with E-state index in [0.29, 0.717) is 5.56 Å². The molecule has 0 atom stereocenters. The molecule has 5 N–H and O–H groups in total. The van der Waals surface area contributed by atoms with Crippen LogP contribution in [0.2, 0.25) is 0 Å². The Morgan fingerprint density at radius 3 is 2.33 bits per heavy atom. The minimum absolute atomic E-state index is 0.0637. The van der Waals surface area contributed by atoms with Crippen molar-refractivity contribution in [3.05, 3.63) is 59.2 Å². The van der Waals surface area contributed by atoms with Gasteiger partial charge >= 0.3 is 5.97 Å². The van der Waals surface area contributed by atoms with Crippen LogP contribution in [0.1, 0.15) is 26.3 Å². The summed E-state index contributed by atoms with van der Waals surface area (Å²) >= 11 is 0. The van der Waals surface area contributed by atoms with Crippen molar-refractivity contribution in [1.29, 1.82) is 0 Å². The summed E-state index contributed by atoms with van der Waals surface area (Å²) in [5.41, 5.74) is 12.0. The van der Waals surface area contributed by atoms with Gasteiger partial charge in [0, 0.05) is 11.3 Å². The first-order chi connectivity index (χ1) is 9.99. The molecule has 0 heterocycles. The molecule has 0 aliphatic rings. The molecule has 1 amide bonds. The highest BCUT2D eigenvalue weighted by molar-refractivity contribution is 5.96. The van der Waals surface area contributed by atoms with Gasteiger partial charge in [-0.15, -0.1) is 0 Å². The van der Waals surface area contributed by atoms with E-state index in [1.54, 1.807) is 30.3 Å². The van der Waals surface area contributed by atoms with Crippen molar-refractivity contribution in [1.82, 2.24) is 0 Å². The van der Waals surface area contributed by atoms with Crippen LogP contribution in [0, 0.1) is 0 Å². The predicted molar refractivity (Wildman–Crippen MR) is 77.1 cm³/mol. The van der Waals surface area contributed by atoms with Crippen molar-refractivity contribution in [3.63, 3.8) is 0 Å². The van der Waals surface area contributed by atoms with Crippen LogP contribution >= 0.6 is 0 Å². The van der Waals surface area contributed by atoms with Crippen molar-refractivity contribution in [2.75, 3.05) is 5.73 Å². The third-order valence-electron chi connectivity index (χ3n) is 2.91. The summed E-state index contributed by atoms with van der Waals surface area (Å²) in [6.45, 7) is 0.156. The third-order valence-corrected chi connectivity index (χ3v) is 2.91. The van der Waals surface area contributed by atoms with Crippen molar-refractivity contribution in [3.8, 4) is 5.75 Å². The summed E-state index contributed by atoms with van der Waals surface area (Å²) < 4.78 is 5.49. The molecule has 0 saturated heterocycles. The van der Waals surface area contributed by atoms with Gasteiger partial charge in [-0.2, -0.15) is 0 Å². The minimum atomic E-state index is -1.15. The zero-order valence-corrected chi connectivity index (χ0v) is 11.1. The van der Waals surface area contributed by atoms with E-state index in [2.05, 4.69) is 0 Å². The van der Waals surface area contributed by atoms with E-state index in [4.69, 9.17) is 21.3 Å². The van der Waals surface area contributed by atoms with Crippen LogP contribution in [-0.2, 0) is 6.61 Å². The van der Waals surface area contributed by atoms with Crippen LogP contribution in [0.25, 0.3) is 0 Å². The fourth-order valence-electron chi connectivity index (χ4n) is 1.82. The quantitative estimate of drug-likeness (QED) is 0.723. The fourth-order valence-corrected chi connectivity index (χ4v) is 1.82. The van der Waals surface area contributed by atoms with Crippen LogP contribution in [0.15, 0.2) is 42.5 Å². The zero-order valence-electron chi connectivity index (χ0n) is 11.1. The van der Waals surface area contributed by atoms with Crippen LogP contribution in [0.5, 0.6) is 5.75 Å². The number of amides is 1. The average molecular weight is 286 g/mol. The highest BCUT2D eigenvalue weighted by Gasteiger charge is 2.14. The summed E-state index contributed by atoms with van der Waals surface area (Å²) in [4.78, 5) is 22.1. The van der Waals surface area contributed by atoms with Crippen molar-refractivity contribution in [2.24, 2.45) is 5.73 Å². The van der Waals surface area contributed by atoms with Gasteiger partial charge in [0.05, 0.1) is 0 Å². The Hall–Kier alpha value is -3.02. The number of primary amides is 1. The first-order valence-electron chi connectivity index (χ1n) is 6.12. The smallest absolute Gasteiger partial charge is 0.341 e. The molecule has 6 nitrogen and oxygen atoms in total. The largest absolute Gasteiger partial charge is 0.488 e. The number of nitrogens with two attached hydrogens (primary N) is 2. The molecule has 0 aliphatic heterocycles. The average Bonchev–Trinajstić information content (AvgIpc) is 2.45. The number of nitrogen functional groups attached to an aromatic ring is 1. The number of carbonyl (C=O) groups is 2. The predicted octanol–water partition coefficient (Wildman–Crippen LogP) is 1.64. The summed E-state index contributed by atoms with van der Waals surface area (Å²) in [6, 6.07) is 11.2. The molecule has 2 aromatic carbocycles. The molecule has 0 aromatic heterocycles. The Balaban J connectivity index is 2.15. The maximum Gasteiger partial charge on any atom is 0.341 e. The maximum atomic E-state index is 11.2. The standard InChI is InChI=1S/C15H14N2O4/c16-11-2-1-3-12(13(11)15(19)20)21-8-9-4-6-10(7-5-9)14(17)18/h1-7H,8,16H2,(H2,17,18)(H,19,20). The van der Waals surface area contributed by atoms with Crippen molar-refractivity contribution >= 4 is 17.6 Å². The van der Waals surface area contributed by atoms with Crippen molar-refractivity contribution in [2.45, 2.75) is 6.61 Å². The van der Waals surface area contributed by atoms with Gasteiger partial charge in [-0.3, -0.25) is 4.79 Å². The van der Waals surface area contributed by atoms with Crippen LogP contribution in [0.4, 0.5) is 5.69 Å². The van der Waals surface area contributed by atoms with E-state index >= 15 is 0 Å². The number of hydrogen-bond donors (Lipinski definition) is 3. The molecule has 0 radical (unpaired) electrons. The molecule has 0 unspecified atom stereocenters. The Labute approximate surface area is 120 Å². The molecular weight excluding hydrogens is 272 g/mol. The first-order valence-corrected chi connectivity index (χ1v) is 6.12. The van der Waals surface area contributed by atoms with Gasteiger partial charge in [-0.05, 0) is 29.8 Å². The topological polar surface area (TPSA) is 116 Å². The number of ether oxygens (including phenoxy) is 1. The second kappa shape index (κ2) is 5.96. The van der Waals surface area contributed by atoms with E-state index in [-0.39, 0.29) is 23.6 Å². The molecule has 2 aromatic rings. The normalized spacial score (nSPS) is 10.1. The second-order valence-electron chi connectivity index (χ2n) is 4.38. The fraction of sp³-hybridized carbons (Fsp3) is 0.0667. The van der Waals surface area contributed by atoms with E-state index in [1.165, 1.54) is 12.1 Å². The number of benzene rings is 2. The van der Waals surface area contributed by atoms with Gasteiger partial charge < -0.3 is 21.3 Å². The molecule has 0 aliphatic carbocycles. The Bertz CT molecular complexity index is 681. The Morgan fingerprint density at radius 1 is 1.10 bits per heavy atom. The van der Waals surface area contributed by atoms with Gasteiger partial charge in [0.1, 0.15) is 17.9 Å². The second-order valence-corrected chi connectivity index (χ2v) is 4.38. The highest BCUT2D eigenvalue weighted by atomic mass is 16.5. The lowest BCUT2D eigenvalue weighted by molar-refractivity contribution is 0.0692. The lowest BCUT2D eigenvalue weighted by atomic mass is 10.1. The van der Waals surface area contributed by atoms with E-state index in [1.807, 2.05) is 0 Å². The number of rotatable bonds is 5. The van der Waals surface area contributed by atoms with Crippen LogP contribution < -0.4 is 16.2 Å². The maximum absolute atomic E-state index is 11.2.